The van der Waals surface area contributed by atoms with E-state index in [-0.39, 0.29) is 35.2 Å². The first-order chi connectivity index (χ1) is 17.7. The second kappa shape index (κ2) is 8.86. The molecule has 4 heterocycles. The van der Waals surface area contributed by atoms with Crippen molar-refractivity contribution in [2.45, 2.75) is 75.3 Å². The van der Waals surface area contributed by atoms with Gasteiger partial charge in [0, 0.05) is 30.7 Å². The third-order valence-electron chi connectivity index (χ3n) is 8.08. The van der Waals surface area contributed by atoms with Crippen molar-refractivity contribution < 1.29 is 13.9 Å². The third kappa shape index (κ3) is 4.37. The molecule has 2 N–H and O–H groups in total. The van der Waals surface area contributed by atoms with E-state index < -0.39 is 17.7 Å². The molecule has 2 aromatic heterocycles. The van der Waals surface area contributed by atoms with Crippen LogP contribution in [-0.2, 0) is 7.05 Å². The second-order valence-corrected chi connectivity index (χ2v) is 10.9. The van der Waals surface area contributed by atoms with Crippen molar-refractivity contribution in [2.24, 2.45) is 7.05 Å². The summed E-state index contributed by atoms with van der Waals surface area (Å²) in [6, 6.07) is 7.08. The Labute approximate surface area is 213 Å². The van der Waals surface area contributed by atoms with Gasteiger partial charge >= 0.3 is 0 Å². The second-order valence-electron chi connectivity index (χ2n) is 10.9. The van der Waals surface area contributed by atoms with Gasteiger partial charge < -0.3 is 15.3 Å². The number of phenolic OH excluding ortho intramolecular Hbond substituents is 1. The average Bonchev–Trinajstić information content (AvgIpc) is 3.71. The molecule has 2 aliphatic heterocycles. The number of anilines is 1. The lowest BCUT2D eigenvalue weighted by Crippen LogP contribution is -2.67. The number of aromatic hydroxyl groups is 1. The smallest absolute Gasteiger partial charge is 0.253 e. The number of hydrogen-bond acceptors (Lipinski definition) is 7. The van der Waals surface area contributed by atoms with Crippen LogP contribution in [0.25, 0.3) is 22.5 Å². The Morgan fingerprint density at radius 1 is 1.16 bits per heavy atom. The van der Waals surface area contributed by atoms with Gasteiger partial charge in [-0.15, -0.1) is 10.2 Å². The molecule has 4 atom stereocenters. The summed E-state index contributed by atoms with van der Waals surface area (Å²) in [6.07, 6.45) is 6.22. The van der Waals surface area contributed by atoms with Gasteiger partial charge in [0.1, 0.15) is 11.9 Å². The van der Waals surface area contributed by atoms with Gasteiger partial charge in [0.25, 0.3) is 5.56 Å². The molecule has 37 heavy (non-hydrogen) atoms. The number of aromatic nitrogens is 4. The first kappa shape index (κ1) is 24.0. The number of rotatable bonds is 5. The standard InChI is InChI=1S/C27H30F2N6O2/c1-27-9-3-4-19(31-27)25(29)20(13-27)35(17-6-7-17)23-14-30-26(33-32-23)18-8-5-15(10-21(18)36)16-11-22(28)34(2)24(37)12-16/h5,8,10-12,14,17,19-20,25,31,36H,3-4,6-7,9,13H2,1-2H3/t19-,20-,25+,27-/m0/s1. The normalized spacial score (nSPS) is 27.2. The molecular weight excluding hydrogens is 478 g/mol. The summed E-state index contributed by atoms with van der Waals surface area (Å²) in [5.41, 5.74) is 0.643. The molecule has 194 valence electrons. The Balaban J connectivity index is 1.27. The fraction of sp³-hybridized carbons (Fsp3) is 0.481. The molecule has 0 unspecified atom stereocenters. The third-order valence-corrected chi connectivity index (χ3v) is 8.08. The van der Waals surface area contributed by atoms with Gasteiger partial charge in [-0.25, -0.2) is 9.37 Å². The Hall–Kier alpha value is -3.40. The van der Waals surface area contributed by atoms with E-state index in [2.05, 4.69) is 32.3 Å². The highest BCUT2D eigenvalue weighted by Crippen LogP contribution is 2.42. The molecule has 3 aliphatic rings. The zero-order chi connectivity index (χ0) is 25.9. The summed E-state index contributed by atoms with van der Waals surface area (Å²) in [5.74, 6) is -0.00904. The predicted octanol–water partition coefficient (Wildman–Crippen LogP) is 3.73. The van der Waals surface area contributed by atoms with Crippen molar-refractivity contribution in [1.82, 2.24) is 25.1 Å². The van der Waals surface area contributed by atoms with Gasteiger partial charge in [-0.05, 0) is 74.8 Å². The molecule has 8 nitrogen and oxygen atoms in total. The van der Waals surface area contributed by atoms with Crippen molar-refractivity contribution in [1.29, 1.82) is 0 Å². The van der Waals surface area contributed by atoms with E-state index in [0.717, 1.165) is 36.7 Å². The lowest BCUT2D eigenvalue weighted by atomic mass is 9.74. The number of halogens is 2. The SMILES string of the molecule is Cn1c(F)cc(-c2ccc(-c3ncc(N(C4CC4)[C@H]4C[C@]5(C)CCC[C@H](N5)[C@H]4F)nn3)c(O)c2)cc1=O. The van der Waals surface area contributed by atoms with Crippen LogP contribution in [0.5, 0.6) is 5.75 Å². The number of fused-ring (bicyclic) bond motifs is 2. The zero-order valence-electron chi connectivity index (χ0n) is 20.9. The maximum absolute atomic E-state index is 15.6. The van der Waals surface area contributed by atoms with Gasteiger partial charge in [0.2, 0.25) is 0 Å². The molecule has 3 aromatic rings. The van der Waals surface area contributed by atoms with Gasteiger partial charge in [-0.3, -0.25) is 9.36 Å². The number of hydrogen-bond donors (Lipinski definition) is 2. The monoisotopic (exact) mass is 508 g/mol. The quantitative estimate of drug-likeness (QED) is 0.507. The van der Waals surface area contributed by atoms with Crippen LogP contribution in [0.3, 0.4) is 0 Å². The van der Waals surface area contributed by atoms with Crippen LogP contribution in [0.4, 0.5) is 14.6 Å². The minimum absolute atomic E-state index is 0.0798. The van der Waals surface area contributed by atoms with E-state index in [1.807, 2.05) is 0 Å². The van der Waals surface area contributed by atoms with E-state index in [1.54, 1.807) is 18.3 Å². The summed E-state index contributed by atoms with van der Waals surface area (Å²) in [7, 11) is 1.35. The molecule has 1 aromatic carbocycles. The molecule has 0 spiro atoms. The summed E-state index contributed by atoms with van der Waals surface area (Å²) in [5, 5.41) is 22.9. The van der Waals surface area contributed by atoms with E-state index in [0.29, 0.717) is 28.9 Å². The fourth-order valence-electron chi connectivity index (χ4n) is 5.96. The largest absolute Gasteiger partial charge is 0.507 e. The summed E-state index contributed by atoms with van der Waals surface area (Å²) in [4.78, 5) is 18.5. The number of piperidine rings is 2. The number of nitrogens with one attached hydrogen (secondary N) is 1. The molecule has 0 radical (unpaired) electrons. The Morgan fingerprint density at radius 2 is 1.97 bits per heavy atom. The van der Waals surface area contributed by atoms with Crippen molar-refractivity contribution in [3.63, 3.8) is 0 Å². The number of phenols is 1. The zero-order valence-corrected chi connectivity index (χ0v) is 20.9. The van der Waals surface area contributed by atoms with Crippen molar-refractivity contribution in [2.75, 3.05) is 4.90 Å². The van der Waals surface area contributed by atoms with E-state index in [9.17, 15) is 14.3 Å². The van der Waals surface area contributed by atoms with E-state index in [4.69, 9.17) is 0 Å². The van der Waals surface area contributed by atoms with Gasteiger partial charge in [0.05, 0.1) is 17.8 Å². The lowest BCUT2D eigenvalue weighted by molar-refractivity contribution is 0.0584. The Kier molecular flexibility index (Phi) is 5.74. The van der Waals surface area contributed by atoms with Crippen LogP contribution >= 0.6 is 0 Å². The minimum atomic E-state index is -0.994. The molecule has 0 amide bonds. The van der Waals surface area contributed by atoms with Crippen LogP contribution in [-0.4, -0.2) is 54.7 Å². The molecule has 1 aliphatic carbocycles. The topological polar surface area (TPSA) is 96.2 Å². The van der Waals surface area contributed by atoms with Crippen LogP contribution in [0.15, 0.2) is 41.3 Å². The average molecular weight is 509 g/mol. The first-order valence-electron chi connectivity index (χ1n) is 12.8. The van der Waals surface area contributed by atoms with E-state index in [1.165, 1.54) is 25.2 Å². The van der Waals surface area contributed by atoms with Gasteiger partial charge in [0.15, 0.2) is 17.6 Å². The molecule has 2 saturated heterocycles. The molecule has 3 fully saturated rings. The van der Waals surface area contributed by atoms with Crippen molar-refractivity contribution >= 4 is 5.82 Å². The molecule has 6 rings (SSSR count). The first-order valence-corrected chi connectivity index (χ1v) is 12.8. The van der Waals surface area contributed by atoms with Gasteiger partial charge in [-0.1, -0.05) is 6.07 Å². The van der Waals surface area contributed by atoms with Crippen LogP contribution < -0.4 is 15.8 Å². The summed E-state index contributed by atoms with van der Waals surface area (Å²) < 4.78 is 30.5. The summed E-state index contributed by atoms with van der Waals surface area (Å²) in [6.45, 7) is 2.18. The van der Waals surface area contributed by atoms with Gasteiger partial charge in [-0.2, -0.15) is 4.39 Å². The number of pyridine rings is 1. The molecule has 1 saturated carbocycles. The highest BCUT2D eigenvalue weighted by atomic mass is 19.1. The molecule has 2 bridgehead atoms. The van der Waals surface area contributed by atoms with Crippen LogP contribution in [0.2, 0.25) is 0 Å². The molecular formula is C27H30F2N6O2. The maximum atomic E-state index is 15.6. The van der Waals surface area contributed by atoms with Crippen LogP contribution in [0, 0.1) is 5.95 Å². The highest BCUT2D eigenvalue weighted by molar-refractivity contribution is 5.72. The molecule has 10 heteroatoms. The number of nitrogens with zero attached hydrogens (tertiary/aromatic N) is 5. The van der Waals surface area contributed by atoms with E-state index >= 15 is 4.39 Å². The summed E-state index contributed by atoms with van der Waals surface area (Å²) >= 11 is 0. The predicted molar refractivity (Wildman–Crippen MR) is 136 cm³/mol. The van der Waals surface area contributed by atoms with Crippen molar-refractivity contribution in [3.8, 4) is 28.3 Å². The maximum Gasteiger partial charge on any atom is 0.253 e. The minimum Gasteiger partial charge on any atom is -0.507 e. The van der Waals surface area contributed by atoms with Crippen LogP contribution in [0.1, 0.15) is 45.4 Å². The number of benzene rings is 1. The highest BCUT2D eigenvalue weighted by Gasteiger charge is 2.50. The fourth-order valence-corrected chi connectivity index (χ4v) is 5.96. The van der Waals surface area contributed by atoms with Crippen molar-refractivity contribution in [3.05, 3.63) is 52.8 Å². The number of alkyl halides is 1. The Bertz CT molecular complexity index is 1390. The Morgan fingerprint density at radius 3 is 2.65 bits per heavy atom. The lowest BCUT2D eigenvalue weighted by Gasteiger charge is -2.52.